The molecule has 28 heavy (non-hydrogen) atoms. The van der Waals surface area contributed by atoms with E-state index in [-0.39, 0.29) is 23.7 Å². The number of carbonyl (C=O) groups is 1. The Bertz CT molecular complexity index is 860. The minimum atomic E-state index is -1.04. The molecular weight excluding hydrogens is 380 g/mol. The van der Waals surface area contributed by atoms with Crippen molar-refractivity contribution >= 4 is 17.6 Å². The Hall–Kier alpha value is -1.98. The molecule has 1 aromatic heterocycles. The van der Waals surface area contributed by atoms with E-state index in [4.69, 9.17) is 25.9 Å². The van der Waals surface area contributed by atoms with Gasteiger partial charge in [-0.3, -0.25) is 0 Å². The van der Waals surface area contributed by atoms with Gasteiger partial charge in [-0.25, -0.2) is 4.79 Å². The number of aromatic carboxylic acids is 1. The minimum Gasteiger partial charge on any atom is -0.493 e. The Labute approximate surface area is 169 Å². The van der Waals surface area contributed by atoms with Crippen LogP contribution in [0.4, 0.5) is 0 Å². The fraction of sp³-hybridized carbons (Fsp3) is 0.500. The van der Waals surface area contributed by atoms with Crippen LogP contribution in [-0.4, -0.2) is 28.9 Å². The molecule has 0 unspecified atom stereocenters. The van der Waals surface area contributed by atoms with E-state index in [0.29, 0.717) is 18.4 Å². The van der Waals surface area contributed by atoms with Crippen molar-refractivity contribution in [2.45, 2.75) is 44.6 Å². The third-order valence-electron chi connectivity index (χ3n) is 6.44. The minimum absolute atomic E-state index is 0.00638. The molecule has 6 heteroatoms. The van der Waals surface area contributed by atoms with E-state index in [2.05, 4.69) is 0 Å². The second-order valence-electron chi connectivity index (χ2n) is 8.13. The van der Waals surface area contributed by atoms with Gasteiger partial charge in [-0.15, -0.1) is 0 Å². The first kappa shape index (κ1) is 19.3. The third kappa shape index (κ3) is 3.78. The molecule has 2 N–H and O–H groups in total. The summed E-state index contributed by atoms with van der Waals surface area (Å²) in [4.78, 5) is 11.0. The Morgan fingerprint density at radius 2 is 2.07 bits per heavy atom. The van der Waals surface area contributed by atoms with E-state index in [1.54, 1.807) is 6.07 Å². The maximum atomic E-state index is 11.0. The van der Waals surface area contributed by atoms with Gasteiger partial charge < -0.3 is 19.4 Å². The summed E-state index contributed by atoms with van der Waals surface area (Å²) < 4.78 is 11.5. The molecule has 0 aliphatic heterocycles. The number of halogens is 1. The number of aliphatic hydroxyl groups excluding tert-OH is 1. The molecule has 0 saturated heterocycles. The molecule has 2 fully saturated rings. The first-order valence-corrected chi connectivity index (χ1v) is 10.2. The lowest BCUT2D eigenvalue weighted by Gasteiger charge is -2.33. The molecule has 1 aromatic carbocycles. The number of fused-ring (bicyclic) bond motifs is 1. The molecule has 0 radical (unpaired) electrons. The van der Waals surface area contributed by atoms with Crippen molar-refractivity contribution in [3.05, 3.63) is 52.4 Å². The third-order valence-corrected chi connectivity index (χ3v) is 6.87. The number of carboxylic acids is 1. The quantitative estimate of drug-likeness (QED) is 0.740. The monoisotopic (exact) mass is 404 g/mol. The smallest absolute Gasteiger partial charge is 0.371 e. The summed E-state index contributed by atoms with van der Waals surface area (Å²) in [5.41, 5.74) is 0.976. The van der Waals surface area contributed by atoms with E-state index in [1.165, 1.54) is 6.07 Å². The summed E-state index contributed by atoms with van der Waals surface area (Å²) in [6.07, 6.45) is 3.25. The Morgan fingerprint density at radius 1 is 1.25 bits per heavy atom. The van der Waals surface area contributed by atoms with E-state index in [1.807, 2.05) is 25.1 Å². The average Bonchev–Trinajstić information content (AvgIpc) is 3.27. The summed E-state index contributed by atoms with van der Waals surface area (Å²) in [5, 5.41) is 20.4. The molecule has 0 spiro atoms. The fourth-order valence-corrected chi connectivity index (χ4v) is 5.09. The van der Waals surface area contributed by atoms with Gasteiger partial charge in [0.15, 0.2) is 0 Å². The van der Waals surface area contributed by atoms with Crippen LogP contribution in [-0.2, 0) is 0 Å². The maximum absolute atomic E-state index is 11.0. The number of furan rings is 1. The second kappa shape index (κ2) is 7.80. The zero-order valence-electron chi connectivity index (χ0n) is 15.8. The van der Waals surface area contributed by atoms with Crippen LogP contribution < -0.4 is 4.74 Å². The molecule has 5 nitrogen and oxygen atoms in total. The SMILES string of the molecule is Cc1cc(OC[C@@H]2[C@H]3CC[C@H](c4ccc(C(=O)O)o4)C[C@H]3C[C@H]2O)ccc1Cl. The van der Waals surface area contributed by atoms with Gasteiger partial charge in [-0.1, -0.05) is 11.6 Å². The summed E-state index contributed by atoms with van der Waals surface area (Å²) in [6, 6.07) is 8.93. The van der Waals surface area contributed by atoms with Gasteiger partial charge in [-0.2, -0.15) is 0 Å². The lowest BCUT2D eigenvalue weighted by molar-refractivity contribution is 0.0653. The number of ether oxygens (including phenoxy) is 1. The molecule has 0 bridgehead atoms. The van der Waals surface area contributed by atoms with E-state index >= 15 is 0 Å². The van der Waals surface area contributed by atoms with Gasteiger partial charge >= 0.3 is 5.97 Å². The van der Waals surface area contributed by atoms with Crippen LogP contribution in [0, 0.1) is 24.7 Å². The van der Waals surface area contributed by atoms with Gasteiger partial charge in [0.25, 0.3) is 0 Å². The van der Waals surface area contributed by atoms with Crippen LogP contribution in [0.3, 0.4) is 0 Å². The molecule has 0 amide bonds. The molecule has 5 atom stereocenters. The Kier molecular flexibility index (Phi) is 5.39. The van der Waals surface area contributed by atoms with Gasteiger partial charge in [-0.05, 0) is 80.3 Å². The predicted octanol–water partition coefficient (Wildman–Crippen LogP) is 4.90. The average molecular weight is 405 g/mol. The van der Waals surface area contributed by atoms with Crippen LogP contribution in [0.15, 0.2) is 34.7 Å². The zero-order valence-corrected chi connectivity index (χ0v) is 16.6. The summed E-state index contributed by atoms with van der Waals surface area (Å²) >= 11 is 6.07. The number of aryl methyl sites for hydroxylation is 1. The Morgan fingerprint density at radius 3 is 2.79 bits per heavy atom. The first-order chi connectivity index (χ1) is 13.4. The highest BCUT2D eigenvalue weighted by Gasteiger charge is 2.46. The number of benzene rings is 1. The van der Waals surface area contributed by atoms with Gasteiger partial charge in [0.2, 0.25) is 5.76 Å². The molecule has 2 aromatic rings. The van der Waals surface area contributed by atoms with Crippen LogP contribution in [0.2, 0.25) is 5.02 Å². The molecule has 150 valence electrons. The van der Waals surface area contributed by atoms with Crippen LogP contribution in [0.5, 0.6) is 5.75 Å². The highest BCUT2D eigenvalue weighted by molar-refractivity contribution is 6.31. The van der Waals surface area contributed by atoms with Gasteiger partial charge in [0, 0.05) is 16.9 Å². The standard InChI is InChI=1S/C22H25ClO5/c1-12-8-15(3-5-18(12)23)27-11-17-16-4-2-13(9-14(16)10-19(17)24)20-6-7-21(28-20)22(25)26/h3,5-8,13-14,16-17,19,24H,2,4,9-11H2,1H3,(H,25,26)/t13-,14-,16-,17+,19+/m0/s1. The Balaban J connectivity index is 1.39. The first-order valence-electron chi connectivity index (χ1n) is 9.82. The van der Waals surface area contributed by atoms with Crippen molar-refractivity contribution in [2.75, 3.05) is 6.61 Å². The van der Waals surface area contributed by atoms with Crippen molar-refractivity contribution in [1.29, 1.82) is 0 Å². The lowest BCUT2D eigenvalue weighted by atomic mass is 9.73. The fourth-order valence-electron chi connectivity index (χ4n) is 4.97. The maximum Gasteiger partial charge on any atom is 0.371 e. The van der Waals surface area contributed by atoms with Crippen molar-refractivity contribution in [3.8, 4) is 5.75 Å². The van der Waals surface area contributed by atoms with Crippen LogP contribution >= 0.6 is 11.6 Å². The largest absolute Gasteiger partial charge is 0.493 e. The van der Waals surface area contributed by atoms with Crippen molar-refractivity contribution in [1.82, 2.24) is 0 Å². The number of aliphatic hydroxyl groups is 1. The number of carboxylic acid groups (broad SMARTS) is 1. The number of hydrogen-bond acceptors (Lipinski definition) is 4. The van der Waals surface area contributed by atoms with Crippen molar-refractivity contribution in [3.63, 3.8) is 0 Å². The molecule has 4 rings (SSSR count). The van der Waals surface area contributed by atoms with Gasteiger partial charge in [0.05, 0.1) is 12.7 Å². The van der Waals surface area contributed by atoms with E-state index in [0.717, 1.165) is 47.8 Å². The van der Waals surface area contributed by atoms with E-state index < -0.39 is 5.97 Å². The number of hydrogen-bond donors (Lipinski definition) is 2. The molecule has 2 saturated carbocycles. The topological polar surface area (TPSA) is 79.9 Å². The van der Waals surface area contributed by atoms with E-state index in [9.17, 15) is 9.90 Å². The highest BCUT2D eigenvalue weighted by atomic mass is 35.5. The molecule has 2 aliphatic rings. The molecule has 1 heterocycles. The predicted molar refractivity (Wildman–Crippen MR) is 105 cm³/mol. The molecule has 2 aliphatic carbocycles. The zero-order chi connectivity index (χ0) is 19.8. The molecular formula is C22H25ClO5. The van der Waals surface area contributed by atoms with Crippen molar-refractivity contribution < 1.29 is 24.2 Å². The lowest BCUT2D eigenvalue weighted by Crippen LogP contribution is -2.29. The van der Waals surface area contributed by atoms with Crippen molar-refractivity contribution in [2.24, 2.45) is 17.8 Å². The summed E-state index contributed by atoms with van der Waals surface area (Å²) in [7, 11) is 0. The van der Waals surface area contributed by atoms with Gasteiger partial charge in [0.1, 0.15) is 11.5 Å². The highest BCUT2D eigenvalue weighted by Crippen LogP contribution is 2.50. The normalized spacial score (nSPS) is 29.5. The van der Waals surface area contributed by atoms with Crippen LogP contribution in [0.25, 0.3) is 0 Å². The second-order valence-corrected chi connectivity index (χ2v) is 8.54. The number of rotatable bonds is 5. The summed E-state index contributed by atoms with van der Waals surface area (Å²) in [6.45, 7) is 2.44. The van der Waals surface area contributed by atoms with Crippen LogP contribution in [0.1, 0.15) is 53.5 Å². The summed E-state index contributed by atoms with van der Waals surface area (Å²) in [5.74, 6) is 1.66.